The summed E-state index contributed by atoms with van der Waals surface area (Å²) in [6, 6.07) is 15.2. The molecule has 1 aliphatic rings. The van der Waals surface area contributed by atoms with Gasteiger partial charge in [0.15, 0.2) is 0 Å². The Bertz CT molecular complexity index is 940. The van der Waals surface area contributed by atoms with Crippen LogP contribution in [0, 0.1) is 0 Å². The predicted octanol–water partition coefficient (Wildman–Crippen LogP) is 5.50. The van der Waals surface area contributed by atoms with Crippen molar-refractivity contribution in [2.45, 2.75) is 57.5 Å². The van der Waals surface area contributed by atoms with Gasteiger partial charge in [-0.3, -0.25) is 10.1 Å². The molecule has 0 spiro atoms. The van der Waals surface area contributed by atoms with Gasteiger partial charge in [0, 0.05) is 10.9 Å². The van der Waals surface area contributed by atoms with Crippen LogP contribution < -0.4 is 10.6 Å². The average molecular weight is 423 g/mol. The number of hydrogen-bond acceptors (Lipinski definition) is 4. The summed E-state index contributed by atoms with van der Waals surface area (Å²) in [6.07, 6.45) is 6.51. The minimum atomic E-state index is -0.0462. The Labute approximate surface area is 182 Å². The fraction of sp³-hybridized carbons (Fsp3) is 0.417. The van der Waals surface area contributed by atoms with Crippen molar-refractivity contribution in [2.75, 3.05) is 11.9 Å². The normalized spacial score (nSPS) is 15.6. The van der Waals surface area contributed by atoms with E-state index in [0.717, 1.165) is 18.7 Å². The van der Waals surface area contributed by atoms with Crippen molar-refractivity contribution in [3.05, 3.63) is 70.0 Å². The van der Waals surface area contributed by atoms with E-state index in [9.17, 15) is 4.79 Å². The molecule has 2 N–H and O–H groups in total. The maximum absolute atomic E-state index is 12.7. The fourth-order valence-electron chi connectivity index (χ4n) is 4.15. The summed E-state index contributed by atoms with van der Waals surface area (Å²) in [4.78, 5) is 13.9. The maximum atomic E-state index is 12.7. The molecule has 1 fully saturated rings. The molecule has 1 saturated carbocycles. The first-order chi connectivity index (χ1) is 14.6. The summed E-state index contributed by atoms with van der Waals surface area (Å²) >= 11 is 1.70. The molecule has 3 aromatic rings. The van der Waals surface area contributed by atoms with Gasteiger partial charge in [-0.25, -0.2) is 4.68 Å². The minimum Gasteiger partial charge on any atom is -0.310 e. The Kier molecular flexibility index (Phi) is 6.65. The third-order valence-corrected chi connectivity index (χ3v) is 6.78. The Balaban J connectivity index is 1.43. The van der Waals surface area contributed by atoms with E-state index in [4.69, 9.17) is 0 Å². The maximum Gasteiger partial charge on any atom is 0.239 e. The van der Waals surface area contributed by atoms with E-state index in [2.05, 4.69) is 71.4 Å². The summed E-state index contributed by atoms with van der Waals surface area (Å²) in [5.41, 5.74) is 2.49. The number of rotatable bonds is 8. The van der Waals surface area contributed by atoms with Crippen molar-refractivity contribution in [2.24, 2.45) is 0 Å². The van der Waals surface area contributed by atoms with E-state index < -0.39 is 0 Å². The van der Waals surface area contributed by atoms with Crippen molar-refractivity contribution in [1.29, 1.82) is 0 Å². The Hall–Kier alpha value is -2.44. The van der Waals surface area contributed by atoms with Crippen molar-refractivity contribution >= 4 is 23.1 Å². The number of anilines is 1. The van der Waals surface area contributed by atoms with Crippen LogP contribution in [0.15, 0.2) is 54.0 Å². The van der Waals surface area contributed by atoms with Crippen molar-refractivity contribution in [3.8, 4) is 0 Å². The summed E-state index contributed by atoms with van der Waals surface area (Å²) in [7, 11) is 0. The fourth-order valence-corrected chi connectivity index (χ4v) is 4.97. The Morgan fingerprint density at radius 1 is 1.13 bits per heavy atom. The van der Waals surface area contributed by atoms with Crippen LogP contribution in [-0.2, 0) is 4.79 Å². The van der Waals surface area contributed by atoms with Crippen LogP contribution in [0.1, 0.15) is 73.5 Å². The molecule has 0 saturated heterocycles. The van der Waals surface area contributed by atoms with Gasteiger partial charge in [-0.05, 0) is 41.3 Å². The second-order valence-electron chi connectivity index (χ2n) is 8.30. The molecule has 1 atom stereocenters. The molecule has 0 aliphatic heterocycles. The molecule has 30 heavy (non-hydrogen) atoms. The molecule has 5 nitrogen and oxygen atoms in total. The highest BCUT2D eigenvalue weighted by Crippen LogP contribution is 2.31. The van der Waals surface area contributed by atoms with E-state index in [1.807, 2.05) is 10.7 Å². The SMILES string of the molecule is CC(C)c1ccc([C@H](NCC(=O)Nc2ccnn2C2CCCC2)c2cccs2)cc1. The number of thiophene rings is 1. The first kappa shape index (κ1) is 20.8. The van der Waals surface area contributed by atoms with Gasteiger partial charge in [-0.15, -0.1) is 11.3 Å². The van der Waals surface area contributed by atoms with Crippen LogP contribution in [0.5, 0.6) is 0 Å². The Morgan fingerprint density at radius 2 is 1.87 bits per heavy atom. The standard InChI is InChI=1S/C24H30N4OS/c1-17(2)18-9-11-19(12-10-18)24(21-8-5-15-30-21)25-16-23(29)27-22-13-14-26-28(22)20-6-3-4-7-20/h5,8-15,17,20,24-25H,3-4,6-7,16H2,1-2H3,(H,27,29)/t24-/m0/s1. The van der Waals surface area contributed by atoms with Gasteiger partial charge in [-0.2, -0.15) is 5.10 Å². The molecule has 1 amide bonds. The molecule has 0 bridgehead atoms. The lowest BCUT2D eigenvalue weighted by atomic mass is 9.98. The number of benzene rings is 1. The van der Waals surface area contributed by atoms with Gasteiger partial charge in [0.1, 0.15) is 5.82 Å². The zero-order valence-electron chi connectivity index (χ0n) is 17.7. The van der Waals surface area contributed by atoms with Gasteiger partial charge < -0.3 is 5.32 Å². The van der Waals surface area contributed by atoms with Crippen LogP contribution in [0.25, 0.3) is 0 Å². The highest BCUT2D eigenvalue weighted by atomic mass is 32.1. The van der Waals surface area contributed by atoms with Crippen LogP contribution in [0.4, 0.5) is 5.82 Å². The zero-order chi connectivity index (χ0) is 20.9. The summed E-state index contributed by atoms with van der Waals surface area (Å²) < 4.78 is 1.98. The number of carbonyl (C=O) groups is 1. The lowest BCUT2D eigenvalue weighted by Gasteiger charge is -2.19. The number of carbonyl (C=O) groups excluding carboxylic acids is 1. The lowest BCUT2D eigenvalue weighted by Crippen LogP contribution is -2.32. The number of aromatic nitrogens is 2. The number of amides is 1. The molecule has 0 radical (unpaired) electrons. The average Bonchev–Trinajstić information content (AvgIpc) is 3.51. The molecule has 0 unspecified atom stereocenters. The zero-order valence-corrected chi connectivity index (χ0v) is 18.5. The van der Waals surface area contributed by atoms with Gasteiger partial charge in [-0.1, -0.05) is 57.0 Å². The topological polar surface area (TPSA) is 59.0 Å². The monoisotopic (exact) mass is 422 g/mol. The number of hydrogen-bond donors (Lipinski definition) is 2. The van der Waals surface area contributed by atoms with E-state index in [0.29, 0.717) is 12.0 Å². The highest BCUT2D eigenvalue weighted by Gasteiger charge is 2.21. The van der Waals surface area contributed by atoms with Crippen LogP contribution >= 0.6 is 11.3 Å². The molecule has 1 aliphatic carbocycles. The van der Waals surface area contributed by atoms with Crippen LogP contribution in [0.3, 0.4) is 0 Å². The van der Waals surface area contributed by atoms with Gasteiger partial charge in [0.25, 0.3) is 0 Å². The minimum absolute atomic E-state index is 0.00305. The number of nitrogens with zero attached hydrogens (tertiary/aromatic N) is 2. The van der Waals surface area contributed by atoms with Crippen molar-refractivity contribution in [3.63, 3.8) is 0 Å². The third-order valence-electron chi connectivity index (χ3n) is 5.84. The second-order valence-corrected chi connectivity index (χ2v) is 9.28. The van der Waals surface area contributed by atoms with E-state index in [-0.39, 0.29) is 18.5 Å². The highest BCUT2D eigenvalue weighted by molar-refractivity contribution is 7.10. The lowest BCUT2D eigenvalue weighted by molar-refractivity contribution is -0.115. The van der Waals surface area contributed by atoms with Crippen molar-refractivity contribution in [1.82, 2.24) is 15.1 Å². The predicted molar refractivity (Wildman–Crippen MR) is 123 cm³/mol. The van der Waals surface area contributed by atoms with Crippen LogP contribution in [0.2, 0.25) is 0 Å². The summed E-state index contributed by atoms with van der Waals surface area (Å²) in [5.74, 6) is 1.25. The largest absolute Gasteiger partial charge is 0.310 e. The Morgan fingerprint density at radius 3 is 2.53 bits per heavy atom. The van der Waals surface area contributed by atoms with Gasteiger partial charge >= 0.3 is 0 Å². The smallest absolute Gasteiger partial charge is 0.239 e. The molecule has 4 rings (SSSR count). The molecular weight excluding hydrogens is 392 g/mol. The first-order valence-corrected chi connectivity index (χ1v) is 11.7. The molecular formula is C24H30N4OS. The number of nitrogens with one attached hydrogen (secondary N) is 2. The molecule has 6 heteroatoms. The van der Waals surface area contributed by atoms with E-state index in [1.165, 1.54) is 28.8 Å². The first-order valence-electron chi connectivity index (χ1n) is 10.8. The molecule has 2 heterocycles. The van der Waals surface area contributed by atoms with E-state index >= 15 is 0 Å². The summed E-state index contributed by atoms with van der Waals surface area (Å²) in [6.45, 7) is 4.64. The molecule has 2 aromatic heterocycles. The van der Waals surface area contributed by atoms with Crippen molar-refractivity contribution < 1.29 is 4.79 Å². The molecule has 158 valence electrons. The van der Waals surface area contributed by atoms with Gasteiger partial charge in [0.05, 0.1) is 24.8 Å². The quantitative estimate of drug-likeness (QED) is 0.504. The van der Waals surface area contributed by atoms with E-state index in [1.54, 1.807) is 17.5 Å². The van der Waals surface area contributed by atoms with Crippen LogP contribution in [-0.4, -0.2) is 22.2 Å². The second kappa shape index (κ2) is 9.58. The van der Waals surface area contributed by atoms with Gasteiger partial charge in [0.2, 0.25) is 5.91 Å². The summed E-state index contributed by atoms with van der Waals surface area (Å²) in [5, 5.41) is 13.0. The molecule has 1 aromatic carbocycles. The third kappa shape index (κ3) is 4.82.